The summed E-state index contributed by atoms with van der Waals surface area (Å²) in [7, 11) is 5.13. The molecule has 3 unspecified atom stereocenters. The summed E-state index contributed by atoms with van der Waals surface area (Å²) in [5.41, 5.74) is 1.59. The molecule has 0 bridgehead atoms. The van der Waals surface area contributed by atoms with E-state index in [0.717, 1.165) is 4.90 Å². The molecule has 0 spiro atoms. The van der Waals surface area contributed by atoms with Crippen molar-refractivity contribution in [2.24, 2.45) is 5.92 Å². The number of hydrogen-bond acceptors (Lipinski definition) is 16. The van der Waals surface area contributed by atoms with Crippen LogP contribution in [0.15, 0.2) is 66.9 Å². The van der Waals surface area contributed by atoms with E-state index in [1.54, 1.807) is 36.3 Å². The minimum atomic E-state index is -1.11. The van der Waals surface area contributed by atoms with Gasteiger partial charge in [0.05, 0.1) is 68.5 Å². The average molecular weight is 924 g/mol. The van der Waals surface area contributed by atoms with Gasteiger partial charge >= 0.3 is 0 Å². The van der Waals surface area contributed by atoms with Gasteiger partial charge in [-0.3, -0.25) is 43.8 Å². The fourth-order valence-electron chi connectivity index (χ4n) is 7.88. The number of ether oxygens (including phenoxy) is 5. The summed E-state index contributed by atoms with van der Waals surface area (Å²) in [4.78, 5) is 102. The van der Waals surface area contributed by atoms with E-state index in [1.165, 1.54) is 25.3 Å². The van der Waals surface area contributed by atoms with Crippen molar-refractivity contribution in [2.75, 3.05) is 95.7 Å². The minimum absolute atomic E-state index is 0.00345. The second-order valence-corrected chi connectivity index (χ2v) is 15.8. The largest absolute Gasteiger partial charge is 0.495 e. The predicted octanol–water partition coefficient (Wildman–Crippen LogP) is 1.91. The van der Waals surface area contributed by atoms with Crippen LogP contribution in [0.3, 0.4) is 0 Å². The van der Waals surface area contributed by atoms with E-state index < -0.39 is 42.2 Å². The number of hydrogen-bond donors (Lipinski definition) is 4. The Morgan fingerprint density at radius 2 is 1.57 bits per heavy atom. The third-order valence-electron chi connectivity index (χ3n) is 11.4. The molecule has 354 valence electrons. The Kier molecular flexibility index (Phi) is 15.9. The van der Waals surface area contributed by atoms with Gasteiger partial charge in [-0.1, -0.05) is 30.4 Å². The van der Waals surface area contributed by atoms with Crippen LogP contribution in [0.1, 0.15) is 56.8 Å². The molecular weight excluding hydrogens is 871 g/mol. The van der Waals surface area contributed by atoms with Crippen LogP contribution in [0.5, 0.6) is 11.5 Å². The molecule has 7 rings (SSSR count). The molecule has 4 aliphatic rings. The van der Waals surface area contributed by atoms with Crippen molar-refractivity contribution < 1.29 is 57.2 Å². The van der Waals surface area contributed by atoms with E-state index >= 15 is 0 Å². The predicted molar refractivity (Wildman–Crippen MR) is 241 cm³/mol. The van der Waals surface area contributed by atoms with E-state index in [-0.39, 0.29) is 53.5 Å². The van der Waals surface area contributed by atoms with Gasteiger partial charge in [-0.05, 0) is 49.6 Å². The van der Waals surface area contributed by atoms with Crippen LogP contribution in [-0.4, -0.2) is 149 Å². The normalized spacial score (nSPS) is 18.5. The maximum atomic E-state index is 13.2. The quantitative estimate of drug-likeness (QED) is 0.0830. The average Bonchev–Trinajstić information content (AvgIpc) is 3.55. The Bertz CT molecular complexity index is 2440. The highest BCUT2D eigenvalue weighted by molar-refractivity contribution is 6.24. The number of likely N-dealkylation sites (N-methyl/N-ethyl adjacent to an activating group) is 1. The van der Waals surface area contributed by atoms with Gasteiger partial charge < -0.3 is 49.4 Å². The van der Waals surface area contributed by atoms with E-state index in [4.69, 9.17) is 28.7 Å². The maximum Gasteiger partial charge on any atom is 0.266 e. The number of allylic oxidation sites excluding steroid dienone is 2. The smallest absolute Gasteiger partial charge is 0.266 e. The molecule has 67 heavy (non-hydrogen) atoms. The highest BCUT2D eigenvalue weighted by atomic mass is 16.5. The zero-order valence-corrected chi connectivity index (χ0v) is 37.4. The molecule has 3 atom stereocenters. The van der Waals surface area contributed by atoms with Crippen LogP contribution in [-0.2, 0) is 33.4 Å². The summed E-state index contributed by atoms with van der Waals surface area (Å²) in [5.74, 6) is -2.29. The number of anilines is 4. The number of amides is 7. The lowest BCUT2D eigenvalue weighted by molar-refractivity contribution is -0.136. The molecule has 4 heterocycles. The molecule has 3 aliphatic heterocycles. The highest BCUT2D eigenvalue weighted by Crippen LogP contribution is 2.37. The Hall–Kier alpha value is -7.23. The summed E-state index contributed by atoms with van der Waals surface area (Å²) >= 11 is 0. The van der Waals surface area contributed by atoms with Crippen molar-refractivity contribution in [3.63, 3.8) is 0 Å². The van der Waals surface area contributed by atoms with Gasteiger partial charge in [-0.15, -0.1) is 0 Å². The van der Waals surface area contributed by atoms with Crippen LogP contribution >= 0.6 is 0 Å². The van der Waals surface area contributed by atoms with Crippen LogP contribution in [0.4, 0.5) is 23.1 Å². The molecule has 4 N–H and O–H groups in total. The maximum absolute atomic E-state index is 13.2. The van der Waals surface area contributed by atoms with Gasteiger partial charge in [0.2, 0.25) is 23.7 Å². The van der Waals surface area contributed by atoms with Gasteiger partial charge in [-0.25, -0.2) is 4.98 Å². The van der Waals surface area contributed by atoms with Crippen LogP contribution in [0, 0.1) is 5.92 Å². The van der Waals surface area contributed by atoms with Crippen molar-refractivity contribution in [2.45, 2.75) is 37.8 Å². The summed E-state index contributed by atoms with van der Waals surface area (Å²) < 4.78 is 27.9. The van der Waals surface area contributed by atoms with E-state index in [2.05, 4.69) is 26.3 Å². The van der Waals surface area contributed by atoms with Crippen molar-refractivity contribution in [3.8, 4) is 11.5 Å². The first-order chi connectivity index (χ1) is 32.5. The topological polar surface area (TPSA) is 249 Å². The van der Waals surface area contributed by atoms with Crippen molar-refractivity contribution in [1.82, 2.24) is 30.8 Å². The minimum Gasteiger partial charge on any atom is -0.495 e. The number of aromatic nitrogens is 2. The number of benzene rings is 2. The molecule has 2 aromatic carbocycles. The standard InChI is InChI=1S/C46H53N9O12/c1-53-32-11-5-4-9-29(32)43(60)54(2)34-26-49-46(52-40(34)53)50-31-14-13-28(25-36(31)63-3)41(58)48-18-8-20-65-22-24-66-23-21-64-19-7-17-47-38(57)27-67-35-12-6-10-30-39(35)45(62)55(44(30)61)33-15-16-37(56)51-42(33)59/h4-6,9-14,25-26,29,32-33H,7-8,15-24,27H2,1-3H3,(H,47,57)(H,48,58)(H,49,50,52)(H,51,56,59). The molecule has 0 saturated carbocycles. The fourth-order valence-corrected chi connectivity index (χ4v) is 7.88. The first-order valence-electron chi connectivity index (χ1n) is 21.9. The Morgan fingerprint density at radius 3 is 2.30 bits per heavy atom. The molecule has 1 saturated heterocycles. The fraction of sp³-hybridized carbons (Fsp3) is 0.413. The molecule has 7 amide bonds. The second-order valence-electron chi connectivity index (χ2n) is 15.8. The summed E-state index contributed by atoms with van der Waals surface area (Å²) in [6, 6.07) is 8.16. The Labute approximate surface area is 386 Å². The Balaban J connectivity index is 0.713. The monoisotopic (exact) mass is 923 g/mol. The number of methoxy groups -OCH3 is 1. The van der Waals surface area contributed by atoms with Crippen molar-refractivity contribution in [1.29, 1.82) is 0 Å². The van der Waals surface area contributed by atoms with Gasteiger partial charge in [0, 0.05) is 52.4 Å². The summed E-state index contributed by atoms with van der Waals surface area (Å²) in [6.45, 7) is 2.55. The first-order valence-corrected chi connectivity index (χ1v) is 21.9. The number of carbonyl (C=O) groups is 7. The van der Waals surface area contributed by atoms with Crippen LogP contribution < -0.4 is 40.5 Å². The van der Waals surface area contributed by atoms with Crippen molar-refractivity contribution >= 4 is 64.5 Å². The lowest BCUT2D eigenvalue weighted by Crippen LogP contribution is -2.54. The van der Waals surface area contributed by atoms with Gasteiger partial charge in [0.1, 0.15) is 23.2 Å². The number of carbonyl (C=O) groups excluding carboxylic acids is 7. The number of nitrogens with zero attached hydrogens (tertiary/aromatic N) is 5. The highest BCUT2D eigenvalue weighted by Gasteiger charge is 2.46. The van der Waals surface area contributed by atoms with E-state index in [1.807, 2.05) is 36.3 Å². The molecule has 3 aromatic rings. The molecule has 21 heteroatoms. The van der Waals surface area contributed by atoms with Gasteiger partial charge in [0.25, 0.3) is 23.6 Å². The van der Waals surface area contributed by atoms with E-state index in [0.29, 0.717) is 100 Å². The number of fused-ring (bicyclic) bond motifs is 3. The molecular formula is C46H53N9O12. The summed E-state index contributed by atoms with van der Waals surface area (Å²) in [6.07, 6.45) is 10.4. The van der Waals surface area contributed by atoms with Crippen molar-refractivity contribution in [3.05, 3.63) is 83.6 Å². The molecule has 1 aliphatic carbocycles. The van der Waals surface area contributed by atoms with Gasteiger partial charge in [-0.2, -0.15) is 4.98 Å². The zero-order valence-electron chi connectivity index (χ0n) is 37.4. The van der Waals surface area contributed by atoms with E-state index in [9.17, 15) is 33.6 Å². The molecule has 1 aromatic heterocycles. The van der Waals surface area contributed by atoms with Crippen LogP contribution in [0.2, 0.25) is 0 Å². The molecule has 1 fully saturated rings. The number of imide groups is 2. The summed E-state index contributed by atoms with van der Waals surface area (Å²) in [5, 5.41) is 10.9. The third kappa shape index (κ3) is 11.2. The van der Waals surface area contributed by atoms with Crippen LogP contribution in [0.25, 0.3) is 0 Å². The Morgan fingerprint density at radius 1 is 0.851 bits per heavy atom. The SMILES string of the molecule is COc1cc(C(=O)NCCCOCCOCCOCCCNC(=O)COc2cccc3c2C(=O)N(C2CCC(=O)NC2=O)C3=O)ccc1Nc1ncc2c(n1)N(C)C1C=CC=CC1C(=O)N2C. The first kappa shape index (κ1) is 47.7. The number of piperidine rings is 1. The third-order valence-corrected chi connectivity index (χ3v) is 11.4. The lowest BCUT2D eigenvalue weighted by Gasteiger charge is -2.29. The second kappa shape index (κ2) is 22.3. The van der Waals surface area contributed by atoms with Gasteiger partial charge in [0.15, 0.2) is 12.4 Å². The number of rotatable bonds is 22. The molecule has 0 radical (unpaired) electrons. The zero-order chi connectivity index (χ0) is 47.5. The lowest BCUT2D eigenvalue weighted by atomic mass is 9.93. The number of nitrogens with one attached hydrogen (secondary N) is 4. The molecule has 21 nitrogen and oxygen atoms in total.